The van der Waals surface area contributed by atoms with Crippen molar-refractivity contribution in [1.82, 2.24) is 10.6 Å². The van der Waals surface area contributed by atoms with Crippen molar-refractivity contribution in [2.24, 2.45) is 0 Å². The van der Waals surface area contributed by atoms with Crippen molar-refractivity contribution in [3.63, 3.8) is 0 Å². The highest BCUT2D eigenvalue weighted by atomic mass is 16.5. The summed E-state index contributed by atoms with van der Waals surface area (Å²) in [5.74, 6) is -0.349. The van der Waals surface area contributed by atoms with Gasteiger partial charge in [0.2, 0.25) is 11.8 Å². The lowest BCUT2D eigenvalue weighted by Crippen LogP contribution is -2.54. The topological polar surface area (TPSA) is 67.4 Å². The van der Waals surface area contributed by atoms with E-state index in [1.807, 2.05) is 0 Å². The molecule has 0 spiro atoms. The second-order valence-electron chi connectivity index (χ2n) is 3.42. The number of carbonyl (C=O) groups is 2. The van der Waals surface area contributed by atoms with Crippen LogP contribution in [0.1, 0.15) is 12.8 Å². The molecule has 1 saturated heterocycles. The maximum atomic E-state index is 11.4. The van der Waals surface area contributed by atoms with Crippen LogP contribution >= 0.6 is 0 Å². The Balaban J connectivity index is 1.83. The van der Waals surface area contributed by atoms with Crippen LogP contribution in [0.2, 0.25) is 0 Å². The summed E-state index contributed by atoms with van der Waals surface area (Å²) in [4.78, 5) is 22.3. The molecule has 72 valence electrons. The van der Waals surface area contributed by atoms with E-state index in [2.05, 4.69) is 10.6 Å². The first kappa shape index (κ1) is 8.50. The Hall–Kier alpha value is -1.10. The van der Waals surface area contributed by atoms with E-state index in [1.165, 1.54) is 0 Å². The molecule has 1 atom stereocenters. The number of rotatable bonds is 2. The maximum Gasteiger partial charge on any atom is 0.246 e. The molecule has 0 aromatic rings. The molecule has 2 aliphatic rings. The summed E-state index contributed by atoms with van der Waals surface area (Å²) in [5.41, 5.74) is 0. The van der Waals surface area contributed by atoms with E-state index in [9.17, 15) is 9.59 Å². The average molecular weight is 184 g/mol. The van der Waals surface area contributed by atoms with Gasteiger partial charge in [-0.2, -0.15) is 0 Å². The van der Waals surface area contributed by atoms with Gasteiger partial charge in [0.25, 0.3) is 0 Å². The summed E-state index contributed by atoms with van der Waals surface area (Å²) >= 11 is 0. The van der Waals surface area contributed by atoms with Crippen LogP contribution in [-0.2, 0) is 14.3 Å². The fourth-order valence-electron chi connectivity index (χ4n) is 1.22. The first-order chi connectivity index (χ1) is 6.25. The van der Waals surface area contributed by atoms with Crippen LogP contribution in [0.3, 0.4) is 0 Å². The molecule has 2 fully saturated rings. The van der Waals surface area contributed by atoms with Crippen molar-refractivity contribution < 1.29 is 14.3 Å². The molecular weight excluding hydrogens is 172 g/mol. The van der Waals surface area contributed by atoms with Crippen LogP contribution in [0, 0.1) is 0 Å². The molecule has 1 unspecified atom stereocenters. The van der Waals surface area contributed by atoms with Gasteiger partial charge in [-0.05, 0) is 12.8 Å². The van der Waals surface area contributed by atoms with Gasteiger partial charge in [0, 0.05) is 6.04 Å². The van der Waals surface area contributed by atoms with Gasteiger partial charge in [0.05, 0.1) is 6.61 Å². The summed E-state index contributed by atoms with van der Waals surface area (Å²) in [7, 11) is 0. The molecule has 0 aromatic carbocycles. The van der Waals surface area contributed by atoms with Gasteiger partial charge in [-0.15, -0.1) is 0 Å². The summed E-state index contributed by atoms with van der Waals surface area (Å²) in [6, 6.07) is -0.173. The Morgan fingerprint density at radius 1 is 1.54 bits per heavy atom. The molecule has 0 aromatic heterocycles. The Bertz CT molecular complexity index is 238. The molecule has 1 saturated carbocycles. The zero-order valence-corrected chi connectivity index (χ0v) is 7.21. The minimum atomic E-state index is -0.498. The number of hydrogen-bond acceptors (Lipinski definition) is 3. The fourth-order valence-corrected chi connectivity index (χ4v) is 1.22. The summed E-state index contributed by atoms with van der Waals surface area (Å²) < 4.78 is 4.94. The van der Waals surface area contributed by atoms with Gasteiger partial charge in [-0.3, -0.25) is 9.59 Å². The Labute approximate surface area is 75.8 Å². The molecule has 1 heterocycles. The molecule has 2 amide bonds. The van der Waals surface area contributed by atoms with Gasteiger partial charge in [-0.1, -0.05) is 0 Å². The second-order valence-corrected chi connectivity index (χ2v) is 3.42. The highest BCUT2D eigenvalue weighted by Gasteiger charge is 2.30. The Morgan fingerprint density at radius 3 is 2.92 bits per heavy atom. The molecule has 0 radical (unpaired) electrons. The number of amides is 2. The monoisotopic (exact) mass is 184 g/mol. The standard InChI is InChI=1S/C8H12N2O3/c11-7-4-13-3-6(10-7)8(12)9-5-1-2-5/h5-6H,1-4H2,(H,9,12)(H,10,11). The van der Waals surface area contributed by atoms with Crippen molar-refractivity contribution in [3.05, 3.63) is 0 Å². The van der Waals surface area contributed by atoms with Crippen LogP contribution in [0.25, 0.3) is 0 Å². The fraction of sp³-hybridized carbons (Fsp3) is 0.750. The van der Waals surface area contributed by atoms with E-state index in [-0.39, 0.29) is 25.0 Å². The number of hydrogen-bond donors (Lipinski definition) is 2. The average Bonchev–Trinajstić information content (AvgIpc) is 2.88. The molecule has 2 N–H and O–H groups in total. The molecule has 13 heavy (non-hydrogen) atoms. The first-order valence-electron chi connectivity index (χ1n) is 4.43. The minimum Gasteiger partial charge on any atom is -0.369 e. The summed E-state index contributed by atoms with van der Waals surface area (Å²) in [6.45, 7) is 0.345. The van der Waals surface area contributed by atoms with E-state index in [4.69, 9.17) is 4.74 Å². The number of morpholine rings is 1. The van der Waals surface area contributed by atoms with E-state index < -0.39 is 6.04 Å². The van der Waals surface area contributed by atoms with E-state index in [0.717, 1.165) is 12.8 Å². The third kappa shape index (κ3) is 2.18. The van der Waals surface area contributed by atoms with Crippen LogP contribution in [0.15, 0.2) is 0 Å². The highest BCUT2D eigenvalue weighted by Crippen LogP contribution is 2.18. The smallest absolute Gasteiger partial charge is 0.246 e. The SMILES string of the molecule is O=C1COCC(C(=O)NC2CC2)N1. The van der Waals surface area contributed by atoms with Crippen molar-refractivity contribution >= 4 is 11.8 Å². The number of nitrogens with one attached hydrogen (secondary N) is 2. The first-order valence-corrected chi connectivity index (χ1v) is 4.43. The Morgan fingerprint density at radius 2 is 2.31 bits per heavy atom. The zero-order chi connectivity index (χ0) is 9.26. The maximum absolute atomic E-state index is 11.4. The van der Waals surface area contributed by atoms with Crippen molar-refractivity contribution in [1.29, 1.82) is 0 Å². The van der Waals surface area contributed by atoms with Crippen molar-refractivity contribution in [2.75, 3.05) is 13.2 Å². The van der Waals surface area contributed by atoms with E-state index in [0.29, 0.717) is 6.04 Å². The number of ether oxygens (including phenoxy) is 1. The third-order valence-electron chi connectivity index (χ3n) is 2.09. The highest BCUT2D eigenvalue weighted by molar-refractivity contribution is 5.89. The molecular formula is C8H12N2O3. The minimum absolute atomic E-state index is 0.0627. The lowest BCUT2D eigenvalue weighted by molar-refractivity contribution is -0.138. The predicted octanol–water partition coefficient (Wildman–Crippen LogP) is -1.22. The van der Waals surface area contributed by atoms with Crippen LogP contribution in [-0.4, -0.2) is 37.1 Å². The summed E-state index contributed by atoms with van der Waals surface area (Å²) in [5, 5.41) is 5.38. The second kappa shape index (κ2) is 3.33. The van der Waals surface area contributed by atoms with Crippen molar-refractivity contribution in [3.8, 4) is 0 Å². The van der Waals surface area contributed by atoms with Gasteiger partial charge in [-0.25, -0.2) is 0 Å². The van der Waals surface area contributed by atoms with Gasteiger partial charge >= 0.3 is 0 Å². The molecule has 5 heteroatoms. The van der Waals surface area contributed by atoms with E-state index in [1.54, 1.807) is 0 Å². The normalized spacial score (nSPS) is 28.0. The van der Waals surface area contributed by atoms with Crippen LogP contribution < -0.4 is 10.6 Å². The van der Waals surface area contributed by atoms with Gasteiger partial charge < -0.3 is 15.4 Å². The third-order valence-corrected chi connectivity index (χ3v) is 2.09. The Kier molecular flexibility index (Phi) is 2.18. The van der Waals surface area contributed by atoms with Crippen LogP contribution in [0.5, 0.6) is 0 Å². The van der Waals surface area contributed by atoms with Gasteiger partial charge in [0.1, 0.15) is 12.6 Å². The lowest BCUT2D eigenvalue weighted by atomic mass is 10.2. The van der Waals surface area contributed by atoms with E-state index >= 15 is 0 Å². The molecule has 0 bridgehead atoms. The largest absolute Gasteiger partial charge is 0.369 e. The molecule has 2 rings (SSSR count). The number of carbonyl (C=O) groups excluding carboxylic acids is 2. The zero-order valence-electron chi connectivity index (χ0n) is 7.21. The van der Waals surface area contributed by atoms with Crippen molar-refractivity contribution in [2.45, 2.75) is 24.9 Å². The lowest BCUT2D eigenvalue weighted by Gasteiger charge is -2.22. The van der Waals surface area contributed by atoms with Gasteiger partial charge in [0.15, 0.2) is 0 Å². The molecule has 1 aliphatic carbocycles. The molecule has 1 aliphatic heterocycles. The molecule has 5 nitrogen and oxygen atoms in total. The van der Waals surface area contributed by atoms with Crippen LogP contribution in [0.4, 0.5) is 0 Å². The predicted molar refractivity (Wildman–Crippen MR) is 43.9 cm³/mol. The summed E-state index contributed by atoms with van der Waals surface area (Å²) in [6.07, 6.45) is 2.10. The quantitative estimate of drug-likeness (QED) is 0.565.